The summed E-state index contributed by atoms with van der Waals surface area (Å²) in [6.07, 6.45) is 0. The van der Waals surface area contributed by atoms with Gasteiger partial charge in [-0.1, -0.05) is 19.9 Å². The Morgan fingerprint density at radius 3 is 2.58 bits per heavy atom. The fourth-order valence-electron chi connectivity index (χ4n) is 3.54. The smallest absolute Gasteiger partial charge is 0.259 e. The van der Waals surface area contributed by atoms with Crippen LogP contribution in [0, 0.1) is 11.3 Å². The average Bonchev–Trinajstić information content (AvgIpc) is 2.82. The van der Waals surface area contributed by atoms with E-state index in [0.29, 0.717) is 46.6 Å². The van der Waals surface area contributed by atoms with E-state index in [1.807, 2.05) is 19.9 Å². The van der Waals surface area contributed by atoms with Crippen LogP contribution in [0.2, 0.25) is 0 Å². The molecule has 1 aliphatic rings. The number of hydrogen-bond donors (Lipinski definition) is 1. The number of amides is 2. The van der Waals surface area contributed by atoms with Crippen molar-refractivity contribution in [1.82, 2.24) is 0 Å². The number of anilines is 2. The van der Waals surface area contributed by atoms with Crippen LogP contribution < -0.4 is 24.4 Å². The van der Waals surface area contributed by atoms with E-state index in [4.69, 9.17) is 14.2 Å². The second-order valence-corrected chi connectivity index (χ2v) is 8.66. The maximum Gasteiger partial charge on any atom is 0.259 e. The third kappa shape index (κ3) is 4.60. The second kappa shape index (κ2) is 8.88. The van der Waals surface area contributed by atoms with Crippen molar-refractivity contribution in [3.05, 3.63) is 42.0 Å². The van der Waals surface area contributed by atoms with Crippen molar-refractivity contribution in [3.8, 4) is 17.2 Å². The van der Waals surface area contributed by atoms with Crippen LogP contribution in [0.1, 0.15) is 38.1 Å². The monoisotopic (exact) mass is 426 g/mol. The number of carbonyl (C=O) groups excluding carboxylic acids is 2. The Hall–Kier alpha value is -3.22. The second-order valence-electron chi connectivity index (χ2n) is 8.66. The standard InChI is InChI=1S/C24H30N2O5/c1-15(2)13-26-18-11-10-16(12-20(18)31-14-24(3,4)23(26)28)25-22(27)17-8-7-9-19(29-5)21(17)30-6/h7-12,15H,13-14H2,1-6H3,(H,25,27). The summed E-state index contributed by atoms with van der Waals surface area (Å²) in [6.45, 7) is 8.75. The lowest BCUT2D eigenvalue weighted by Gasteiger charge is -2.29. The van der Waals surface area contributed by atoms with Crippen molar-refractivity contribution in [2.75, 3.05) is 37.6 Å². The molecule has 0 atom stereocenters. The lowest BCUT2D eigenvalue weighted by atomic mass is 9.92. The highest BCUT2D eigenvalue weighted by Crippen LogP contribution is 2.39. The lowest BCUT2D eigenvalue weighted by Crippen LogP contribution is -2.43. The summed E-state index contributed by atoms with van der Waals surface area (Å²) >= 11 is 0. The van der Waals surface area contributed by atoms with Crippen LogP contribution in [-0.2, 0) is 4.79 Å². The highest BCUT2D eigenvalue weighted by Gasteiger charge is 2.38. The Morgan fingerprint density at radius 2 is 1.94 bits per heavy atom. The summed E-state index contributed by atoms with van der Waals surface area (Å²) in [6, 6.07) is 10.5. The zero-order chi connectivity index (χ0) is 22.8. The summed E-state index contributed by atoms with van der Waals surface area (Å²) < 4.78 is 16.6. The van der Waals surface area contributed by atoms with E-state index in [-0.39, 0.29) is 18.4 Å². The van der Waals surface area contributed by atoms with Crippen LogP contribution in [0.5, 0.6) is 17.2 Å². The normalized spacial score (nSPS) is 15.1. The third-order valence-electron chi connectivity index (χ3n) is 5.12. The highest BCUT2D eigenvalue weighted by molar-refractivity contribution is 6.07. The number of ether oxygens (including phenoxy) is 3. The number of rotatable bonds is 6. The van der Waals surface area contributed by atoms with E-state index in [2.05, 4.69) is 19.2 Å². The number of methoxy groups -OCH3 is 2. The first-order chi connectivity index (χ1) is 14.7. The molecule has 0 unspecified atom stereocenters. The zero-order valence-corrected chi connectivity index (χ0v) is 18.9. The Labute approximate surface area is 183 Å². The molecule has 0 fully saturated rings. The van der Waals surface area contributed by atoms with E-state index < -0.39 is 5.41 Å². The molecular weight excluding hydrogens is 396 g/mol. The van der Waals surface area contributed by atoms with Gasteiger partial charge < -0.3 is 24.4 Å². The molecule has 166 valence electrons. The molecule has 0 aliphatic carbocycles. The molecular formula is C24H30N2O5. The van der Waals surface area contributed by atoms with Crippen molar-refractivity contribution in [1.29, 1.82) is 0 Å². The molecule has 0 aromatic heterocycles. The number of para-hydroxylation sites is 1. The quantitative estimate of drug-likeness (QED) is 0.743. The van der Waals surface area contributed by atoms with Gasteiger partial charge >= 0.3 is 0 Å². The van der Waals surface area contributed by atoms with Crippen LogP contribution in [-0.4, -0.2) is 39.2 Å². The Kier molecular flexibility index (Phi) is 6.43. The fraction of sp³-hybridized carbons (Fsp3) is 0.417. The predicted molar refractivity (Wildman–Crippen MR) is 120 cm³/mol. The van der Waals surface area contributed by atoms with Gasteiger partial charge in [0.2, 0.25) is 5.91 Å². The average molecular weight is 427 g/mol. The first kappa shape index (κ1) is 22.5. The van der Waals surface area contributed by atoms with Gasteiger partial charge in [-0.05, 0) is 44.0 Å². The first-order valence-electron chi connectivity index (χ1n) is 10.3. The van der Waals surface area contributed by atoms with Crippen LogP contribution in [0.25, 0.3) is 0 Å². The Balaban J connectivity index is 1.92. The molecule has 7 heteroatoms. The molecule has 0 bridgehead atoms. The zero-order valence-electron chi connectivity index (χ0n) is 18.9. The molecule has 2 aromatic rings. The van der Waals surface area contributed by atoms with Crippen LogP contribution >= 0.6 is 0 Å². The lowest BCUT2D eigenvalue weighted by molar-refractivity contribution is -0.127. The van der Waals surface area contributed by atoms with E-state index in [0.717, 1.165) is 0 Å². The van der Waals surface area contributed by atoms with Crippen molar-refractivity contribution in [2.24, 2.45) is 11.3 Å². The predicted octanol–water partition coefficient (Wildman–Crippen LogP) is 4.36. The molecule has 0 spiro atoms. The molecule has 1 aliphatic heterocycles. The minimum atomic E-state index is -0.648. The Morgan fingerprint density at radius 1 is 1.19 bits per heavy atom. The molecule has 31 heavy (non-hydrogen) atoms. The van der Waals surface area contributed by atoms with Crippen LogP contribution in [0.4, 0.5) is 11.4 Å². The SMILES string of the molecule is COc1cccc(C(=O)Nc2ccc3c(c2)OCC(C)(C)C(=O)N3CC(C)C)c1OC. The van der Waals surface area contributed by atoms with Crippen LogP contribution in [0.3, 0.4) is 0 Å². The molecule has 0 radical (unpaired) electrons. The molecule has 1 heterocycles. The van der Waals surface area contributed by atoms with Gasteiger partial charge in [-0.25, -0.2) is 0 Å². The number of nitrogens with zero attached hydrogens (tertiary/aromatic N) is 1. The summed E-state index contributed by atoms with van der Waals surface area (Å²) in [5.41, 5.74) is 0.979. The number of carbonyl (C=O) groups is 2. The van der Waals surface area contributed by atoms with Crippen molar-refractivity contribution in [2.45, 2.75) is 27.7 Å². The molecule has 0 saturated heterocycles. The van der Waals surface area contributed by atoms with Gasteiger partial charge in [0.15, 0.2) is 11.5 Å². The Bertz CT molecular complexity index is 984. The number of nitrogens with one attached hydrogen (secondary N) is 1. The van der Waals surface area contributed by atoms with Crippen molar-refractivity contribution < 1.29 is 23.8 Å². The van der Waals surface area contributed by atoms with E-state index >= 15 is 0 Å². The van der Waals surface area contributed by atoms with Gasteiger partial charge in [-0.2, -0.15) is 0 Å². The van der Waals surface area contributed by atoms with Gasteiger partial charge in [0, 0.05) is 18.3 Å². The largest absolute Gasteiger partial charge is 0.493 e. The molecule has 3 rings (SSSR count). The minimum Gasteiger partial charge on any atom is -0.493 e. The third-order valence-corrected chi connectivity index (χ3v) is 5.12. The molecule has 1 N–H and O–H groups in total. The summed E-state index contributed by atoms with van der Waals surface area (Å²) in [5, 5.41) is 2.88. The molecule has 7 nitrogen and oxygen atoms in total. The fourth-order valence-corrected chi connectivity index (χ4v) is 3.54. The summed E-state index contributed by atoms with van der Waals surface area (Å²) in [4.78, 5) is 27.8. The van der Waals surface area contributed by atoms with E-state index in [9.17, 15) is 9.59 Å². The van der Waals surface area contributed by atoms with E-state index in [1.165, 1.54) is 14.2 Å². The number of fused-ring (bicyclic) bond motifs is 1. The maximum absolute atomic E-state index is 13.1. The summed E-state index contributed by atoms with van der Waals surface area (Å²) in [5.74, 6) is 1.40. The van der Waals surface area contributed by atoms with Gasteiger partial charge in [0.1, 0.15) is 12.4 Å². The maximum atomic E-state index is 13.1. The summed E-state index contributed by atoms with van der Waals surface area (Å²) in [7, 11) is 3.02. The van der Waals surface area contributed by atoms with Crippen LogP contribution in [0.15, 0.2) is 36.4 Å². The van der Waals surface area contributed by atoms with E-state index in [1.54, 1.807) is 35.2 Å². The van der Waals surface area contributed by atoms with Crippen molar-refractivity contribution >= 4 is 23.2 Å². The van der Waals surface area contributed by atoms with Gasteiger partial charge in [0.25, 0.3) is 5.91 Å². The number of hydrogen-bond acceptors (Lipinski definition) is 5. The van der Waals surface area contributed by atoms with Gasteiger partial charge in [-0.3, -0.25) is 9.59 Å². The van der Waals surface area contributed by atoms with Gasteiger partial charge in [0.05, 0.1) is 30.9 Å². The minimum absolute atomic E-state index is 0.0258. The topological polar surface area (TPSA) is 77.1 Å². The molecule has 2 aromatic carbocycles. The molecule has 2 amide bonds. The first-order valence-corrected chi connectivity index (χ1v) is 10.3. The highest BCUT2D eigenvalue weighted by atomic mass is 16.5. The van der Waals surface area contributed by atoms with Crippen molar-refractivity contribution in [3.63, 3.8) is 0 Å². The number of benzene rings is 2. The molecule has 0 saturated carbocycles. The van der Waals surface area contributed by atoms with Gasteiger partial charge in [-0.15, -0.1) is 0 Å².